The first kappa shape index (κ1) is 19.9. The molecular weight excluding hydrogens is 448 g/mol. The normalized spacial score (nSPS) is 10.7. The average Bonchev–Trinajstić information content (AvgIpc) is 2.76. The van der Waals surface area contributed by atoms with Gasteiger partial charge in [0.05, 0.1) is 10.9 Å². The van der Waals surface area contributed by atoms with Crippen molar-refractivity contribution in [3.63, 3.8) is 0 Å². The molecule has 0 amide bonds. The van der Waals surface area contributed by atoms with Crippen LogP contribution in [0.1, 0.15) is 22.8 Å². The summed E-state index contributed by atoms with van der Waals surface area (Å²) in [6.45, 7) is 2.07. The Hall–Kier alpha value is -3.38. The van der Waals surface area contributed by atoms with Crippen molar-refractivity contribution in [2.45, 2.75) is 13.3 Å². The fourth-order valence-corrected chi connectivity index (χ4v) is 3.38. The van der Waals surface area contributed by atoms with Crippen molar-refractivity contribution in [2.24, 2.45) is 0 Å². The van der Waals surface area contributed by atoms with Crippen LogP contribution in [0.15, 0.2) is 86.7 Å². The standard InChI is InChI=1S/C24H17BrO5/c1-2-15-7-9-16(10-8-15)29-22-14-28-21-13-17(11-12-19(21)23(22)26)30-24(27)18-5-3-4-6-20(18)25/h3-14H,2H2,1H3. The lowest BCUT2D eigenvalue weighted by Gasteiger charge is -2.08. The van der Waals surface area contributed by atoms with Crippen LogP contribution < -0.4 is 14.9 Å². The highest BCUT2D eigenvalue weighted by molar-refractivity contribution is 9.10. The Bertz CT molecular complexity index is 1280. The second-order valence-electron chi connectivity index (χ2n) is 6.56. The van der Waals surface area contributed by atoms with E-state index in [4.69, 9.17) is 13.9 Å². The van der Waals surface area contributed by atoms with Crippen LogP contribution in [0.2, 0.25) is 0 Å². The predicted molar refractivity (Wildman–Crippen MR) is 117 cm³/mol. The third kappa shape index (κ3) is 4.14. The van der Waals surface area contributed by atoms with E-state index in [0.29, 0.717) is 26.8 Å². The lowest BCUT2D eigenvalue weighted by molar-refractivity contribution is 0.0734. The molecule has 0 bridgehead atoms. The molecule has 0 atom stereocenters. The topological polar surface area (TPSA) is 65.7 Å². The number of hydrogen-bond acceptors (Lipinski definition) is 5. The molecule has 0 aliphatic carbocycles. The minimum Gasteiger partial charge on any atom is -0.460 e. The Balaban J connectivity index is 1.58. The summed E-state index contributed by atoms with van der Waals surface area (Å²) in [5.41, 5.74) is 1.57. The number of fused-ring (bicyclic) bond motifs is 1. The number of halogens is 1. The highest BCUT2D eigenvalue weighted by Gasteiger charge is 2.14. The molecule has 0 N–H and O–H groups in total. The van der Waals surface area contributed by atoms with Crippen LogP contribution in [-0.4, -0.2) is 5.97 Å². The van der Waals surface area contributed by atoms with Crippen molar-refractivity contribution in [1.29, 1.82) is 0 Å². The van der Waals surface area contributed by atoms with Crippen LogP contribution in [0.5, 0.6) is 17.2 Å². The van der Waals surface area contributed by atoms with E-state index in [2.05, 4.69) is 22.9 Å². The monoisotopic (exact) mass is 464 g/mol. The molecule has 6 heteroatoms. The molecule has 150 valence electrons. The summed E-state index contributed by atoms with van der Waals surface area (Å²) in [5.74, 6) is 0.400. The second kappa shape index (κ2) is 8.55. The van der Waals surface area contributed by atoms with Gasteiger partial charge >= 0.3 is 5.97 Å². The SMILES string of the molecule is CCc1ccc(Oc2coc3cc(OC(=O)c4ccccc4Br)ccc3c2=O)cc1. The first-order chi connectivity index (χ1) is 14.5. The van der Waals surface area contributed by atoms with Crippen LogP contribution >= 0.6 is 15.9 Å². The molecule has 0 saturated carbocycles. The number of ether oxygens (including phenoxy) is 2. The maximum atomic E-state index is 12.8. The number of carbonyl (C=O) groups is 1. The Morgan fingerprint density at radius 3 is 2.47 bits per heavy atom. The summed E-state index contributed by atoms with van der Waals surface area (Å²) in [6, 6.07) is 19.1. The van der Waals surface area contributed by atoms with E-state index < -0.39 is 5.97 Å². The summed E-state index contributed by atoms with van der Waals surface area (Å²) < 4.78 is 17.3. The lowest BCUT2D eigenvalue weighted by atomic mass is 10.2. The quantitative estimate of drug-likeness (QED) is 0.262. The molecule has 0 unspecified atom stereocenters. The van der Waals surface area contributed by atoms with E-state index in [0.717, 1.165) is 6.42 Å². The summed E-state index contributed by atoms with van der Waals surface area (Å²) in [4.78, 5) is 25.1. The zero-order valence-corrected chi connectivity index (χ0v) is 17.6. The van der Waals surface area contributed by atoms with Gasteiger partial charge in [-0.25, -0.2) is 4.79 Å². The first-order valence-corrected chi connectivity index (χ1v) is 10.1. The van der Waals surface area contributed by atoms with Gasteiger partial charge in [-0.2, -0.15) is 0 Å². The number of carbonyl (C=O) groups excluding carboxylic acids is 1. The van der Waals surface area contributed by atoms with E-state index in [9.17, 15) is 9.59 Å². The molecule has 30 heavy (non-hydrogen) atoms. The largest absolute Gasteiger partial charge is 0.460 e. The van der Waals surface area contributed by atoms with Gasteiger partial charge in [0, 0.05) is 10.5 Å². The summed E-state index contributed by atoms with van der Waals surface area (Å²) in [7, 11) is 0. The fourth-order valence-electron chi connectivity index (χ4n) is 2.93. The molecule has 3 aromatic carbocycles. The van der Waals surface area contributed by atoms with Crippen LogP contribution in [0, 0.1) is 0 Å². The molecule has 5 nitrogen and oxygen atoms in total. The van der Waals surface area contributed by atoms with Gasteiger partial charge in [-0.1, -0.05) is 31.2 Å². The zero-order chi connectivity index (χ0) is 21.1. The number of aryl methyl sites for hydroxylation is 1. The van der Waals surface area contributed by atoms with Gasteiger partial charge < -0.3 is 13.9 Å². The number of esters is 1. The third-order valence-electron chi connectivity index (χ3n) is 4.58. The van der Waals surface area contributed by atoms with Crippen molar-refractivity contribution in [3.8, 4) is 17.2 Å². The van der Waals surface area contributed by atoms with Crippen LogP contribution in [-0.2, 0) is 6.42 Å². The van der Waals surface area contributed by atoms with Crippen molar-refractivity contribution in [1.82, 2.24) is 0 Å². The van der Waals surface area contributed by atoms with Gasteiger partial charge in [0.25, 0.3) is 0 Å². The zero-order valence-electron chi connectivity index (χ0n) is 16.1. The van der Waals surface area contributed by atoms with Gasteiger partial charge in [0.15, 0.2) is 0 Å². The van der Waals surface area contributed by atoms with E-state index in [-0.39, 0.29) is 16.9 Å². The highest BCUT2D eigenvalue weighted by Crippen LogP contribution is 2.25. The minimum atomic E-state index is -0.514. The molecule has 0 radical (unpaired) electrons. The first-order valence-electron chi connectivity index (χ1n) is 9.34. The highest BCUT2D eigenvalue weighted by atomic mass is 79.9. The van der Waals surface area contributed by atoms with Gasteiger partial charge in [-0.3, -0.25) is 4.79 Å². The van der Waals surface area contributed by atoms with Crippen molar-refractivity contribution < 1.29 is 18.7 Å². The van der Waals surface area contributed by atoms with E-state index >= 15 is 0 Å². The maximum absolute atomic E-state index is 12.8. The molecular formula is C24H17BrO5. The third-order valence-corrected chi connectivity index (χ3v) is 5.27. The van der Waals surface area contributed by atoms with Gasteiger partial charge in [-0.15, -0.1) is 0 Å². The Kier molecular flexibility index (Phi) is 5.68. The smallest absolute Gasteiger partial charge is 0.344 e. The summed E-state index contributed by atoms with van der Waals surface area (Å²) in [5, 5.41) is 0.332. The second-order valence-corrected chi connectivity index (χ2v) is 7.41. The fraction of sp³-hybridized carbons (Fsp3) is 0.0833. The molecule has 4 rings (SSSR count). The minimum absolute atomic E-state index is 0.0877. The Morgan fingerprint density at radius 2 is 1.73 bits per heavy atom. The van der Waals surface area contributed by atoms with Crippen LogP contribution in [0.4, 0.5) is 0 Å². The van der Waals surface area contributed by atoms with Crippen molar-refractivity contribution >= 4 is 32.9 Å². The molecule has 0 fully saturated rings. The molecule has 1 heterocycles. The molecule has 1 aromatic heterocycles. The number of rotatable bonds is 5. The van der Waals surface area contributed by atoms with Crippen LogP contribution in [0.25, 0.3) is 11.0 Å². The number of benzene rings is 3. The van der Waals surface area contributed by atoms with Crippen LogP contribution in [0.3, 0.4) is 0 Å². The van der Waals surface area contributed by atoms with E-state index in [1.54, 1.807) is 30.3 Å². The molecule has 0 spiro atoms. The Labute approximate surface area is 181 Å². The molecule has 4 aromatic rings. The predicted octanol–water partition coefficient (Wildman–Crippen LogP) is 6.13. The number of hydrogen-bond donors (Lipinski definition) is 0. The van der Waals surface area contributed by atoms with Crippen molar-refractivity contribution in [3.05, 3.63) is 98.8 Å². The summed E-state index contributed by atoms with van der Waals surface area (Å²) in [6.07, 6.45) is 2.18. The summed E-state index contributed by atoms with van der Waals surface area (Å²) >= 11 is 3.33. The van der Waals surface area contributed by atoms with Crippen molar-refractivity contribution in [2.75, 3.05) is 0 Å². The average molecular weight is 465 g/mol. The maximum Gasteiger partial charge on any atom is 0.344 e. The molecule has 0 saturated heterocycles. The molecule has 0 aliphatic heterocycles. The van der Waals surface area contributed by atoms with E-state index in [1.165, 1.54) is 17.9 Å². The molecule has 0 aliphatic rings. The van der Waals surface area contributed by atoms with Gasteiger partial charge in [0.1, 0.15) is 23.3 Å². The van der Waals surface area contributed by atoms with Gasteiger partial charge in [0.2, 0.25) is 11.2 Å². The van der Waals surface area contributed by atoms with E-state index in [1.807, 2.05) is 30.3 Å². The lowest BCUT2D eigenvalue weighted by Crippen LogP contribution is -2.09. The Morgan fingerprint density at radius 1 is 1.00 bits per heavy atom. The van der Waals surface area contributed by atoms with Gasteiger partial charge in [-0.05, 0) is 64.3 Å².